The second-order valence-electron chi connectivity index (χ2n) is 3.15. The first-order valence-corrected chi connectivity index (χ1v) is 4.92. The van der Waals surface area contributed by atoms with Crippen LogP contribution in [0, 0.1) is 0 Å². The summed E-state index contributed by atoms with van der Waals surface area (Å²) in [7, 11) is 0. The molecule has 0 spiro atoms. The molecule has 0 aliphatic rings. The molecular weight excluding hydrogens is 150 g/mol. The lowest BCUT2D eigenvalue weighted by molar-refractivity contribution is 0.288. The average Bonchev–Trinajstić information content (AvgIpc) is 2.07. The van der Waals surface area contributed by atoms with Crippen molar-refractivity contribution in [2.24, 2.45) is 11.5 Å². The van der Waals surface area contributed by atoms with Crippen molar-refractivity contribution in [3.05, 3.63) is 0 Å². The molecule has 0 saturated heterocycles. The van der Waals surface area contributed by atoms with E-state index in [9.17, 15) is 0 Å². The van der Waals surface area contributed by atoms with Crippen molar-refractivity contribution < 1.29 is 0 Å². The van der Waals surface area contributed by atoms with Crippen molar-refractivity contribution in [2.45, 2.75) is 32.7 Å². The van der Waals surface area contributed by atoms with Gasteiger partial charge in [-0.05, 0) is 39.0 Å². The first-order valence-electron chi connectivity index (χ1n) is 4.92. The fraction of sp³-hybridized carbons (Fsp3) is 1.00. The van der Waals surface area contributed by atoms with Gasteiger partial charge in [-0.15, -0.1) is 0 Å². The number of nitrogens with zero attached hydrogens (tertiary/aromatic N) is 1. The zero-order chi connectivity index (χ0) is 9.40. The van der Waals surface area contributed by atoms with E-state index in [2.05, 4.69) is 18.7 Å². The highest BCUT2D eigenvalue weighted by molar-refractivity contribution is 4.64. The van der Waals surface area contributed by atoms with Gasteiger partial charge in [0.15, 0.2) is 0 Å². The van der Waals surface area contributed by atoms with Crippen molar-refractivity contribution in [2.75, 3.05) is 26.2 Å². The zero-order valence-electron chi connectivity index (χ0n) is 8.42. The molecule has 0 aromatic carbocycles. The molecule has 74 valence electrons. The molecule has 0 aliphatic heterocycles. The zero-order valence-corrected chi connectivity index (χ0v) is 8.42. The van der Waals surface area contributed by atoms with Crippen LogP contribution >= 0.6 is 0 Å². The van der Waals surface area contributed by atoms with Crippen LogP contribution in [0.3, 0.4) is 0 Å². The van der Waals surface area contributed by atoms with E-state index in [0.29, 0.717) is 6.54 Å². The van der Waals surface area contributed by atoms with Gasteiger partial charge in [0, 0.05) is 6.04 Å². The maximum Gasteiger partial charge on any atom is 0.00630 e. The Morgan fingerprint density at radius 3 is 2.17 bits per heavy atom. The molecular formula is C9H23N3. The van der Waals surface area contributed by atoms with E-state index in [1.165, 1.54) is 0 Å². The summed E-state index contributed by atoms with van der Waals surface area (Å²) in [6.45, 7) is 8.40. The summed E-state index contributed by atoms with van der Waals surface area (Å²) in [5, 5.41) is 0. The lowest BCUT2D eigenvalue weighted by Crippen LogP contribution is -2.31. The third kappa shape index (κ3) is 5.52. The van der Waals surface area contributed by atoms with Gasteiger partial charge in [-0.3, -0.25) is 0 Å². The van der Waals surface area contributed by atoms with E-state index in [4.69, 9.17) is 11.5 Å². The van der Waals surface area contributed by atoms with Gasteiger partial charge >= 0.3 is 0 Å². The summed E-state index contributed by atoms with van der Waals surface area (Å²) >= 11 is 0. The third-order valence-electron chi connectivity index (χ3n) is 2.25. The Labute approximate surface area is 76.1 Å². The molecule has 0 aromatic rings. The van der Waals surface area contributed by atoms with E-state index in [0.717, 1.165) is 32.5 Å². The molecule has 0 saturated carbocycles. The van der Waals surface area contributed by atoms with Crippen LogP contribution in [0.2, 0.25) is 0 Å². The second kappa shape index (κ2) is 7.53. The SMILES string of the molecule is CCN(CC)CCC(N)CCN. The Hall–Kier alpha value is -0.120. The Morgan fingerprint density at radius 2 is 1.75 bits per heavy atom. The van der Waals surface area contributed by atoms with Crippen molar-refractivity contribution in [1.29, 1.82) is 0 Å². The predicted molar refractivity (Wildman–Crippen MR) is 54.1 cm³/mol. The van der Waals surface area contributed by atoms with Gasteiger partial charge in [0.1, 0.15) is 0 Å². The molecule has 0 heterocycles. The van der Waals surface area contributed by atoms with Gasteiger partial charge < -0.3 is 16.4 Å². The average molecular weight is 173 g/mol. The van der Waals surface area contributed by atoms with E-state index in [1.54, 1.807) is 0 Å². The summed E-state index contributed by atoms with van der Waals surface area (Å²) < 4.78 is 0. The summed E-state index contributed by atoms with van der Waals surface area (Å²) in [6.07, 6.45) is 2.01. The molecule has 0 aromatic heterocycles. The topological polar surface area (TPSA) is 55.3 Å². The monoisotopic (exact) mass is 173 g/mol. The van der Waals surface area contributed by atoms with Crippen LogP contribution in [0.25, 0.3) is 0 Å². The van der Waals surface area contributed by atoms with E-state index < -0.39 is 0 Å². The minimum Gasteiger partial charge on any atom is -0.330 e. The largest absolute Gasteiger partial charge is 0.330 e. The van der Waals surface area contributed by atoms with E-state index in [-0.39, 0.29) is 6.04 Å². The molecule has 0 rings (SSSR count). The van der Waals surface area contributed by atoms with Crippen molar-refractivity contribution in [3.63, 3.8) is 0 Å². The van der Waals surface area contributed by atoms with Gasteiger partial charge in [0.2, 0.25) is 0 Å². The van der Waals surface area contributed by atoms with Gasteiger partial charge in [0.05, 0.1) is 0 Å². The number of hydrogen-bond acceptors (Lipinski definition) is 3. The first-order chi connectivity index (χ1) is 5.74. The number of rotatable bonds is 7. The lowest BCUT2D eigenvalue weighted by atomic mass is 10.1. The first kappa shape index (κ1) is 11.9. The normalized spacial score (nSPS) is 13.8. The highest BCUT2D eigenvalue weighted by atomic mass is 15.1. The fourth-order valence-electron chi connectivity index (χ4n) is 1.25. The molecule has 4 N–H and O–H groups in total. The van der Waals surface area contributed by atoms with Crippen LogP contribution in [0.4, 0.5) is 0 Å². The Bertz CT molecular complexity index is 91.8. The lowest BCUT2D eigenvalue weighted by Gasteiger charge is -2.20. The van der Waals surface area contributed by atoms with E-state index in [1.807, 2.05) is 0 Å². The fourth-order valence-corrected chi connectivity index (χ4v) is 1.25. The molecule has 1 unspecified atom stereocenters. The van der Waals surface area contributed by atoms with Crippen LogP contribution in [0.15, 0.2) is 0 Å². The van der Waals surface area contributed by atoms with Gasteiger partial charge in [-0.1, -0.05) is 13.8 Å². The van der Waals surface area contributed by atoms with Gasteiger partial charge in [0.25, 0.3) is 0 Å². The molecule has 3 nitrogen and oxygen atoms in total. The molecule has 12 heavy (non-hydrogen) atoms. The van der Waals surface area contributed by atoms with E-state index >= 15 is 0 Å². The maximum absolute atomic E-state index is 5.84. The molecule has 0 aliphatic carbocycles. The van der Waals surface area contributed by atoms with Gasteiger partial charge in [-0.2, -0.15) is 0 Å². The molecule has 0 radical (unpaired) electrons. The van der Waals surface area contributed by atoms with Crippen LogP contribution in [0.1, 0.15) is 26.7 Å². The predicted octanol–water partition coefficient (Wildman–Crippen LogP) is 0.394. The van der Waals surface area contributed by atoms with Crippen molar-refractivity contribution >= 4 is 0 Å². The molecule has 1 atom stereocenters. The summed E-state index contributed by atoms with van der Waals surface area (Å²) in [5.74, 6) is 0. The van der Waals surface area contributed by atoms with Crippen LogP contribution in [0.5, 0.6) is 0 Å². The van der Waals surface area contributed by atoms with Crippen LogP contribution < -0.4 is 11.5 Å². The molecule has 0 fully saturated rings. The minimum absolute atomic E-state index is 0.288. The number of nitrogens with two attached hydrogens (primary N) is 2. The highest BCUT2D eigenvalue weighted by Crippen LogP contribution is 1.96. The minimum atomic E-state index is 0.288. The van der Waals surface area contributed by atoms with Gasteiger partial charge in [-0.25, -0.2) is 0 Å². The maximum atomic E-state index is 5.84. The molecule has 0 amide bonds. The second-order valence-corrected chi connectivity index (χ2v) is 3.15. The summed E-state index contributed by atoms with van der Waals surface area (Å²) in [4.78, 5) is 2.39. The van der Waals surface area contributed by atoms with Crippen molar-refractivity contribution in [3.8, 4) is 0 Å². The summed E-state index contributed by atoms with van der Waals surface area (Å²) in [6, 6.07) is 0.288. The van der Waals surface area contributed by atoms with Crippen LogP contribution in [-0.4, -0.2) is 37.1 Å². The standard InChI is InChI=1S/C9H23N3/c1-3-12(4-2)8-6-9(11)5-7-10/h9H,3-8,10-11H2,1-2H3. The number of hydrogen-bond donors (Lipinski definition) is 2. The Balaban J connectivity index is 3.37. The smallest absolute Gasteiger partial charge is 0.00630 e. The Morgan fingerprint density at radius 1 is 1.17 bits per heavy atom. The highest BCUT2D eigenvalue weighted by Gasteiger charge is 2.03. The molecule has 3 heteroatoms. The summed E-state index contributed by atoms with van der Waals surface area (Å²) in [5.41, 5.74) is 11.2. The third-order valence-corrected chi connectivity index (χ3v) is 2.25. The quantitative estimate of drug-likeness (QED) is 0.586. The molecule has 0 bridgehead atoms. The van der Waals surface area contributed by atoms with Crippen molar-refractivity contribution in [1.82, 2.24) is 4.90 Å². The van der Waals surface area contributed by atoms with Crippen LogP contribution in [-0.2, 0) is 0 Å². The Kier molecular flexibility index (Phi) is 7.45.